The fourth-order valence-electron chi connectivity index (χ4n) is 3.45. The summed E-state index contributed by atoms with van der Waals surface area (Å²) in [6.07, 6.45) is 0.301. The number of para-hydroxylation sites is 1. The van der Waals surface area contributed by atoms with E-state index >= 15 is 0 Å². The van der Waals surface area contributed by atoms with Crippen molar-refractivity contribution in [3.05, 3.63) is 57.9 Å². The Hall–Kier alpha value is -3.30. The monoisotopic (exact) mass is 471 g/mol. The molecule has 3 amide bonds. The minimum absolute atomic E-state index is 0.151. The minimum Gasteiger partial charge on any atom is -0.465 e. The lowest BCUT2D eigenvalue weighted by molar-refractivity contribution is -0.143. The molecular formula is C22H18ClN3O5S. The van der Waals surface area contributed by atoms with E-state index in [1.165, 1.54) is 17.4 Å². The van der Waals surface area contributed by atoms with Crippen molar-refractivity contribution < 1.29 is 23.9 Å². The number of carbonyl (C=O) groups excluding carboxylic acids is 4. The smallest absolute Gasteiger partial charge is 0.326 e. The molecule has 164 valence electrons. The van der Waals surface area contributed by atoms with Gasteiger partial charge in [0.2, 0.25) is 11.8 Å². The lowest BCUT2D eigenvalue weighted by atomic mass is 10.2. The van der Waals surface area contributed by atoms with E-state index < -0.39 is 11.9 Å². The zero-order valence-electron chi connectivity index (χ0n) is 17.0. The quantitative estimate of drug-likeness (QED) is 0.420. The largest absolute Gasteiger partial charge is 0.465 e. The highest BCUT2D eigenvalue weighted by molar-refractivity contribution is 7.16. The van der Waals surface area contributed by atoms with Gasteiger partial charge in [-0.2, -0.15) is 4.99 Å². The molecule has 0 bridgehead atoms. The van der Waals surface area contributed by atoms with Gasteiger partial charge in [0.05, 0.1) is 27.5 Å². The van der Waals surface area contributed by atoms with Crippen molar-refractivity contribution in [2.45, 2.75) is 26.3 Å². The molecule has 3 aromatic rings. The Morgan fingerprint density at radius 3 is 2.56 bits per heavy atom. The summed E-state index contributed by atoms with van der Waals surface area (Å²) >= 11 is 7.56. The van der Waals surface area contributed by atoms with Crippen LogP contribution in [-0.2, 0) is 25.7 Å². The predicted molar refractivity (Wildman–Crippen MR) is 120 cm³/mol. The normalized spacial score (nSPS) is 14.4. The summed E-state index contributed by atoms with van der Waals surface area (Å²) in [5.74, 6) is -1.66. The summed E-state index contributed by atoms with van der Waals surface area (Å²) in [5, 5.41) is 0.421. The molecule has 1 fully saturated rings. The van der Waals surface area contributed by atoms with Crippen molar-refractivity contribution >= 4 is 62.5 Å². The van der Waals surface area contributed by atoms with E-state index in [0.29, 0.717) is 16.2 Å². The van der Waals surface area contributed by atoms with Gasteiger partial charge in [-0.25, -0.2) is 0 Å². The average molecular weight is 472 g/mol. The molecule has 1 saturated heterocycles. The molecule has 0 spiro atoms. The predicted octanol–water partition coefficient (Wildman–Crippen LogP) is 3.31. The first-order valence-corrected chi connectivity index (χ1v) is 11.1. The topological polar surface area (TPSA) is 98.0 Å². The van der Waals surface area contributed by atoms with Crippen molar-refractivity contribution in [1.29, 1.82) is 0 Å². The SMILES string of the molecule is CCOC(=O)Cn1c(=NC(=O)c2cccc(N3C(=O)CCC3=O)c2)sc2cccc(Cl)c21. The Morgan fingerprint density at radius 2 is 1.84 bits per heavy atom. The van der Waals surface area contributed by atoms with Crippen LogP contribution in [0.2, 0.25) is 5.02 Å². The number of aromatic nitrogens is 1. The number of nitrogens with zero attached hydrogens (tertiary/aromatic N) is 3. The van der Waals surface area contributed by atoms with Gasteiger partial charge >= 0.3 is 5.97 Å². The van der Waals surface area contributed by atoms with Gasteiger partial charge in [-0.1, -0.05) is 35.1 Å². The molecule has 0 N–H and O–H groups in total. The van der Waals surface area contributed by atoms with E-state index in [2.05, 4.69) is 4.99 Å². The Labute approximate surface area is 191 Å². The van der Waals surface area contributed by atoms with Gasteiger partial charge in [0.25, 0.3) is 5.91 Å². The van der Waals surface area contributed by atoms with Gasteiger partial charge in [0.15, 0.2) is 4.80 Å². The summed E-state index contributed by atoms with van der Waals surface area (Å²) in [5.41, 5.74) is 1.12. The molecule has 2 aromatic carbocycles. The van der Waals surface area contributed by atoms with Crippen molar-refractivity contribution in [2.24, 2.45) is 4.99 Å². The lowest BCUT2D eigenvalue weighted by Crippen LogP contribution is -2.28. The van der Waals surface area contributed by atoms with Gasteiger partial charge in [-0.05, 0) is 37.3 Å². The minimum atomic E-state index is -0.578. The van der Waals surface area contributed by atoms with Crippen LogP contribution in [0.25, 0.3) is 10.2 Å². The van der Waals surface area contributed by atoms with Crippen LogP contribution in [0.15, 0.2) is 47.5 Å². The van der Waals surface area contributed by atoms with E-state index in [1.54, 1.807) is 41.8 Å². The Morgan fingerprint density at radius 1 is 1.12 bits per heavy atom. The standard InChI is InChI=1S/C22H18ClN3O5S/c1-2-31-19(29)12-25-20-15(23)7-4-8-16(20)32-22(25)24-21(30)13-5-3-6-14(11-13)26-17(27)9-10-18(26)28/h3-8,11H,2,9-10,12H2,1H3. The number of amides is 3. The second kappa shape index (κ2) is 9.05. The number of esters is 1. The first kappa shape index (κ1) is 21.9. The van der Waals surface area contributed by atoms with Crippen LogP contribution in [0.1, 0.15) is 30.1 Å². The highest BCUT2D eigenvalue weighted by Crippen LogP contribution is 2.26. The number of rotatable bonds is 5. The summed E-state index contributed by atoms with van der Waals surface area (Å²) in [4.78, 5) is 54.7. The number of fused-ring (bicyclic) bond motifs is 1. The van der Waals surface area contributed by atoms with Crippen molar-refractivity contribution in [3.63, 3.8) is 0 Å². The first-order chi connectivity index (χ1) is 15.4. The van der Waals surface area contributed by atoms with Gasteiger partial charge in [0.1, 0.15) is 6.54 Å². The van der Waals surface area contributed by atoms with E-state index in [9.17, 15) is 19.2 Å². The molecule has 1 aliphatic heterocycles. The van der Waals surface area contributed by atoms with Gasteiger partial charge in [-0.3, -0.25) is 24.1 Å². The molecule has 1 aliphatic rings. The number of halogens is 1. The van der Waals surface area contributed by atoms with E-state index in [0.717, 1.165) is 9.60 Å². The number of thiazole rings is 1. The maximum absolute atomic E-state index is 13.0. The molecule has 0 saturated carbocycles. The molecule has 2 heterocycles. The number of hydrogen-bond acceptors (Lipinski definition) is 6. The number of imide groups is 1. The third-order valence-corrected chi connectivity index (χ3v) is 6.19. The Balaban J connectivity index is 1.76. The molecule has 10 heteroatoms. The van der Waals surface area contributed by atoms with Crippen LogP contribution >= 0.6 is 22.9 Å². The Kier molecular flexibility index (Phi) is 6.20. The lowest BCUT2D eigenvalue weighted by Gasteiger charge is -2.14. The number of ether oxygens (including phenoxy) is 1. The van der Waals surface area contributed by atoms with Crippen LogP contribution in [0.3, 0.4) is 0 Å². The van der Waals surface area contributed by atoms with Crippen LogP contribution < -0.4 is 9.70 Å². The third kappa shape index (κ3) is 4.21. The molecule has 0 aliphatic carbocycles. The van der Waals surface area contributed by atoms with Gasteiger partial charge in [0, 0.05) is 18.4 Å². The molecule has 0 unspecified atom stereocenters. The molecular weight excluding hydrogens is 454 g/mol. The van der Waals surface area contributed by atoms with Gasteiger partial charge < -0.3 is 9.30 Å². The molecule has 0 radical (unpaired) electrons. The summed E-state index contributed by atoms with van der Waals surface area (Å²) in [6.45, 7) is 1.78. The van der Waals surface area contributed by atoms with Gasteiger partial charge in [-0.15, -0.1) is 0 Å². The third-order valence-electron chi connectivity index (χ3n) is 4.84. The highest BCUT2D eigenvalue weighted by Gasteiger charge is 2.30. The summed E-state index contributed by atoms with van der Waals surface area (Å²) in [7, 11) is 0. The zero-order chi connectivity index (χ0) is 22.8. The molecule has 1 aromatic heterocycles. The molecule has 4 rings (SSSR count). The van der Waals surface area contributed by atoms with E-state index in [4.69, 9.17) is 16.3 Å². The highest BCUT2D eigenvalue weighted by atomic mass is 35.5. The first-order valence-electron chi connectivity index (χ1n) is 9.87. The number of carbonyl (C=O) groups is 4. The maximum atomic E-state index is 13.0. The van der Waals surface area contributed by atoms with Crippen LogP contribution in [-0.4, -0.2) is 34.9 Å². The number of anilines is 1. The average Bonchev–Trinajstić information content (AvgIpc) is 3.28. The van der Waals surface area contributed by atoms with Crippen molar-refractivity contribution in [1.82, 2.24) is 4.57 Å². The number of benzene rings is 2. The summed E-state index contributed by atoms with van der Waals surface area (Å²) in [6, 6.07) is 11.5. The van der Waals surface area contributed by atoms with Crippen LogP contribution in [0, 0.1) is 0 Å². The maximum Gasteiger partial charge on any atom is 0.326 e. The fraction of sp³-hybridized carbons (Fsp3) is 0.227. The van der Waals surface area contributed by atoms with E-state index in [1.807, 2.05) is 6.07 Å². The molecule has 8 nitrogen and oxygen atoms in total. The summed E-state index contributed by atoms with van der Waals surface area (Å²) < 4.78 is 7.36. The second-order valence-electron chi connectivity index (χ2n) is 6.95. The second-order valence-corrected chi connectivity index (χ2v) is 8.37. The molecule has 32 heavy (non-hydrogen) atoms. The fourth-order valence-corrected chi connectivity index (χ4v) is 4.84. The van der Waals surface area contributed by atoms with Crippen LogP contribution in [0.4, 0.5) is 5.69 Å². The zero-order valence-corrected chi connectivity index (χ0v) is 18.6. The van der Waals surface area contributed by atoms with E-state index in [-0.39, 0.29) is 48.2 Å². The molecule has 0 atom stereocenters. The van der Waals surface area contributed by atoms with Crippen LogP contribution in [0.5, 0.6) is 0 Å². The van der Waals surface area contributed by atoms with Crippen molar-refractivity contribution in [2.75, 3.05) is 11.5 Å². The number of hydrogen-bond donors (Lipinski definition) is 0. The van der Waals surface area contributed by atoms with Crippen molar-refractivity contribution in [3.8, 4) is 0 Å². The Bertz CT molecular complexity index is 1310.